The summed E-state index contributed by atoms with van der Waals surface area (Å²) in [7, 11) is 1.54. The maximum Gasteiger partial charge on any atom is 0.260 e. The molecule has 1 unspecified atom stereocenters. The minimum Gasteiger partial charge on any atom is -0.493 e. The van der Waals surface area contributed by atoms with E-state index in [1.807, 2.05) is 26.0 Å². The summed E-state index contributed by atoms with van der Waals surface area (Å²) < 4.78 is 13.0. The fraction of sp³-hybridized carbons (Fsp3) is 0.522. The van der Waals surface area contributed by atoms with Crippen LogP contribution in [0.25, 0.3) is 0 Å². The van der Waals surface area contributed by atoms with Gasteiger partial charge >= 0.3 is 0 Å². The fourth-order valence-electron chi connectivity index (χ4n) is 4.56. The molecule has 1 aromatic carbocycles. The van der Waals surface area contributed by atoms with Crippen LogP contribution in [0.15, 0.2) is 29.5 Å². The molecule has 2 aliphatic rings. The van der Waals surface area contributed by atoms with E-state index in [2.05, 4.69) is 34.7 Å². The number of ether oxygens (including phenoxy) is 2. The highest BCUT2D eigenvalue weighted by Crippen LogP contribution is 2.46. The molecule has 1 atom stereocenters. The van der Waals surface area contributed by atoms with Crippen LogP contribution in [0.3, 0.4) is 0 Å². The lowest BCUT2D eigenvalue weighted by atomic mass is 9.73. The minimum absolute atomic E-state index is 0.0732. The summed E-state index contributed by atoms with van der Waals surface area (Å²) >= 11 is 0. The number of carbonyl (C=O) groups is 2. The number of aromatic nitrogens is 4. The van der Waals surface area contributed by atoms with Crippen LogP contribution in [0.1, 0.15) is 52.1 Å². The van der Waals surface area contributed by atoms with E-state index in [0.717, 1.165) is 17.7 Å². The molecule has 1 aliphatic carbocycles. The smallest absolute Gasteiger partial charge is 0.260 e. The van der Waals surface area contributed by atoms with Gasteiger partial charge in [-0.25, -0.2) is 0 Å². The monoisotopic (exact) mass is 454 g/mol. The topological polar surface area (TPSA) is 111 Å². The maximum atomic E-state index is 13.2. The van der Waals surface area contributed by atoms with E-state index >= 15 is 0 Å². The Bertz CT molecular complexity index is 1100. The van der Waals surface area contributed by atoms with Crippen molar-refractivity contribution >= 4 is 17.6 Å². The van der Waals surface area contributed by atoms with Gasteiger partial charge in [-0.2, -0.15) is 4.68 Å². The number of tetrazole rings is 1. The van der Waals surface area contributed by atoms with Crippen molar-refractivity contribution in [3.8, 4) is 11.5 Å². The second-order valence-corrected chi connectivity index (χ2v) is 9.07. The van der Waals surface area contributed by atoms with Crippen LogP contribution in [0.4, 0.5) is 5.95 Å². The van der Waals surface area contributed by atoms with Gasteiger partial charge in [-0.1, -0.05) is 25.0 Å². The van der Waals surface area contributed by atoms with Crippen LogP contribution in [0.2, 0.25) is 0 Å². The molecule has 1 aliphatic heterocycles. The number of allylic oxidation sites excluding steroid dienone is 2. The number of amides is 1. The van der Waals surface area contributed by atoms with Crippen molar-refractivity contribution < 1.29 is 19.1 Å². The molecular weight excluding hydrogens is 424 g/mol. The molecule has 33 heavy (non-hydrogen) atoms. The van der Waals surface area contributed by atoms with Crippen LogP contribution in [0.5, 0.6) is 11.5 Å². The number of methoxy groups -OCH3 is 1. The fourth-order valence-corrected chi connectivity index (χ4v) is 4.56. The molecule has 10 nitrogen and oxygen atoms in total. The van der Waals surface area contributed by atoms with E-state index in [1.165, 1.54) is 0 Å². The Morgan fingerprint density at radius 3 is 2.70 bits per heavy atom. The van der Waals surface area contributed by atoms with Gasteiger partial charge in [-0.3, -0.25) is 9.59 Å². The second kappa shape index (κ2) is 8.84. The Hall–Kier alpha value is -3.43. The van der Waals surface area contributed by atoms with E-state index < -0.39 is 6.04 Å². The van der Waals surface area contributed by atoms with Crippen LogP contribution in [0, 0.1) is 5.41 Å². The summed E-state index contributed by atoms with van der Waals surface area (Å²) in [6, 6.07) is 4.96. The molecule has 1 amide bonds. The number of hydrogen-bond donors (Lipinski definition) is 1. The zero-order valence-electron chi connectivity index (χ0n) is 19.7. The first-order chi connectivity index (χ1) is 15.8. The van der Waals surface area contributed by atoms with E-state index in [4.69, 9.17) is 9.47 Å². The van der Waals surface area contributed by atoms with Crippen molar-refractivity contribution in [2.75, 3.05) is 32.1 Å². The number of carbonyl (C=O) groups excluding carboxylic acids is 2. The number of nitrogens with zero attached hydrogens (tertiary/aromatic N) is 5. The number of fused-ring (bicyclic) bond motifs is 1. The molecule has 0 radical (unpaired) electrons. The third kappa shape index (κ3) is 4.29. The molecule has 10 heteroatoms. The van der Waals surface area contributed by atoms with Gasteiger partial charge in [0.15, 0.2) is 23.9 Å². The Kier molecular flexibility index (Phi) is 6.09. The lowest BCUT2D eigenvalue weighted by molar-refractivity contribution is -0.133. The first-order valence-electron chi connectivity index (χ1n) is 11.2. The Morgan fingerprint density at radius 1 is 1.24 bits per heavy atom. The predicted molar refractivity (Wildman–Crippen MR) is 121 cm³/mol. The lowest BCUT2D eigenvalue weighted by Crippen LogP contribution is -2.36. The number of ketones is 1. The van der Waals surface area contributed by atoms with Crippen molar-refractivity contribution in [3.63, 3.8) is 0 Å². The lowest BCUT2D eigenvalue weighted by Gasteiger charge is -2.37. The molecule has 0 saturated heterocycles. The number of nitrogens with one attached hydrogen (secondary N) is 1. The summed E-state index contributed by atoms with van der Waals surface area (Å²) in [4.78, 5) is 27.2. The molecule has 4 rings (SSSR count). The highest BCUT2D eigenvalue weighted by atomic mass is 16.5. The minimum atomic E-state index is -0.477. The van der Waals surface area contributed by atoms with E-state index in [1.54, 1.807) is 22.8 Å². The third-order valence-electron chi connectivity index (χ3n) is 6.16. The first-order valence-corrected chi connectivity index (χ1v) is 11.2. The number of Topliss-reactive ketones (excluding diaryl/α,β-unsaturated/α-hetero) is 1. The van der Waals surface area contributed by atoms with Crippen molar-refractivity contribution in [2.45, 2.75) is 46.6 Å². The molecule has 176 valence electrons. The van der Waals surface area contributed by atoms with Crippen LogP contribution in [-0.2, 0) is 9.59 Å². The number of rotatable bonds is 7. The molecular formula is C23H30N6O4. The number of likely N-dealkylation sites (N-methyl/N-ethyl adjacent to an activating group) is 1. The van der Waals surface area contributed by atoms with Crippen molar-refractivity contribution in [1.29, 1.82) is 0 Å². The Labute approximate surface area is 192 Å². The number of hydrogen-bond acceptors (Lipinski definition) is 8. The molecule has 0 fully saturated rings. The SMILES string of the molecule is CCN(CC)C(=O)COc1ccc(C2C3=C(CC(C)(C)CC3=O)Nc3nnnn32)cc1OC. The number of anilines is 1. The van der Waals surface area contributed by atoms with Crippen LogP contribution < -0.4 is 14.8 Å². The normalized spacial score (nSPS) is 18.8. The average molecular weight is 455 g/mol. The third-order valence-corrected chi connectivity index (χ3v) is 6.16. The van der Waals surface area contributed by atoms with Gasteiger partial charge < -0.3 is 19.7 Å². The molecule has 0 bridgehead atoms. The van der Waals surface area contributed by atoms with E-state index in [-0.39, 0.29) is 23.7 Å². The molecule has 2 heterocycles. The molecule has 1 N–H and O–H groups in total. The van der Waals surface area contributed by atoms with E-state index in [9.17, 15) is 9.59 Å². The van der Waals surface area contributed by atoms with E-state index in [0.29, 0.717) is 42.5 Å². The van der Waals surface area contributed by atoms with Gasteiger partial charge in [-0.05, 0) is 53.8 Å². The zero-order valence-corrected chi connectivity index (χ0v) is 19.7. The van der Waals surface area contributed by atoms with Crippen molar-refractivity contribution in [1.82, 2.24) is 25.1 Å². The maximum absolute atomic E-state index is 13.2. The molecule has 2 aromatic rings. The van der Waals surface area contributed by atoms with Crippen molar-refractivity contribution in [2.24, 2.45) is 5.41 Å². The summed E-state index contributed by atoms with van der Waals surface area (Å²) in [5, 5.41) is 15.3. The quantitative estimate of drug-likeness (QED) is 0.680. The van der Waals surface area contributed by atoms with Crippen LogP contribution >= 0.6 is 0 Å². The average Bonchev–Trinajstić information content (AvgIpc) is 3.24. The Morgan fingerprint density at radius 2 is 2.00 bits per heavy atom. The molecule has 0 saturated carbocycles. The largest absolute Gasteiger partial charge is 0.493 e. The first kappa shape index (κ1) is 22.8. The summed E-state index contributed by atoms with van der Waals surface area (Å²) in [5.41, 5.74) is 2.18. The van der Waals surface area contributed by atoms with Gasteiger partial charge in [0.05, 0.1) is 7.11 Å². The summed E-state index contributed by atoms with van der Waals surface area (Å²) in [5.74, 6) is 1.40. The number of benzene rings is 1. The predicted octanol–water partition coefficient (Wildman–Crippen LogP) is 2.59. The Balaban J connectivity index is 1.67. The van der Waals surface area contributed by atoms with Gasteiger partial charge in [0.1, 0.15) is 6.04 Å². The van der Waals surface area contributed by atoms with Crippen molar-refractivity contribution in [3.05, 3.63) is 35.0 Å². The standard InChI is InChI=1S/C23H30N6O4/c1-6-28(7-2)19(31)13-33-17-9-8-14(10-18(17)32-5)21-20-15(11-23(3,4)12-16(20)30)24-22-25-26-27-29(21)22/h8-10,21H,6-7,11-13H2,1-5H3,(H,24,25,27). The summed E-state index contributed by atoms with van der Waals surface area (Å²) in [6.45, 7) is 9.20. The summed E-state index contributed by atoms with van der Waals surface area (Å²) in [6.07, 6.45) is 1.18. The van der Waals surface area contributed by atoms with Gasteiger partial charge in [0.2, 0.25) is 5.95 Å². The highest BCUT2D eigenvalue weighted by molar-refractivity contribution is 6.00. The highest BCUT2D eigenvalue weighted by Gasteiger charge is 2.42. The van der Waals surface area contributed by atoms with Crippen LogP contribution in [-0.4, -0.2) is 63.6 Å². The second-order valence-electron chi connectivity index (χ2n) is 9.07. The van der Waals surface area contributed by atoms with Gasteiger partial charge in [-0.15, -0.1) is 0 Å². The van der Waals surface area contributed by atoms with Gasteiger partial charge in [0.25, 0.3) is 5.91 Å². The zero-order chi connectivity index (χ0) is 23.8. The molecule has 1 aromatic heterocycles. The van der Waals surface area contributed by atoms with Gasteiger partial charge in [0, 0.05) is 30.8 Å². The molecule has 0 spiro atoms.